The first-order chi connectivity index (χ1) is 6.92. The third-order valence-corrected chi connectivity index (χ3v) is 2.92. The van der Waals surface area contributed by atoms with Crippen LogP contribution in [0.15, 0.2) is 12.1 Å². The summed E-state index contributed by atoms with van der Waals surface area (Å²) < 4.78 is 5.13. The van der Waals surface area contributed by atoms with Crippen LogP contribution in [-0.4, -0.2) is 18.8 Å². The van der Waals surface area contributed by atoms with Crippen LogP contribution in [0.3, 0.4) is 0 Å². The van der Waals surface area contributed by atoms with E-state index >= 15 is 0 Å². The summed E-state index contributed by atoms with van der Waals surface area (Å²) in [4.78, 5) is 0. The quantitative estimate of drug-likeness (QED) is 0.862. The van der Waals surface area contributed by atoms with Crippen molar-refractivity contribution in [2.75, 3.05) is 13.7 Å². The SMILES string of the molecule is COc1cc(C)c(C(C)(C)CO)cc1Cl. The molecule has 0 aliphatic heterocycles. The first-order valence-corrected chi connectivity index (χ1v) is 5.25. The summed E-state index contributed by atoms with van der Waals surface area (Å²) in [5.41, 5.74) is 1.85. The summed E-state index contributed by atoms with van der Waals surface area (Å²) in [6.07, 6.45) is 0. The highest BCUT2D eigenvalue weighted by atomic mass is 35.5. The van der Waals surface area contributed by atoms with Gasteiger partial charge >= 0.3 is 0 Å². The van der Waals surface area contributed by atoms with Gasteiger partial charge in [-0.05, 0) is 30.2 Å². The van der Waals surface area contributed by atoms with E-state index in [1.54, 1.807) is 7.11 Å². The highest BCUT2D eigenvalue weighted by Gasteiger charge is 2.22. The smallest absolute Gasteiger partial charge is 0.137 e. The largest absolute Gasteiger partial charge is 0.495 e. The second-order valence-electron chi connectivity index (χ2n) is 4.34. The van der Waals surface area contributed by atoms with Gasteiger partial charge in [0.25, 0.3) is 0 Å². The Labute approximate surface area is 95.8 Å². The Hall–Kier alpha value is -0.730. The van der Waals surface area contributed by atoms with E-state index in [4.69, 9.17) is 16.3 Å². The fourth-order valence-electron chi connectivity index (χ4n) is 1.63. The maximum absolute atomic E-state index is 9.31. The first kappa shape index (κ1) is 12.3. The third kappa shape index (κ3) is 2.44. The molecule has 0 atom stereocenters. The Bertz CT molecular complexity index is 359. The summed E-state index contributed by atoms with van der Waals surface area (Å²) in [5.74, 6) is 0.673. The zero-order valence-electron chi connectivity index (χ0n) is 9.60. The van der Waals surface area contributed by atoms with Gasteiger partial charge < -0.3 is 9.84 Å². The van der Waals surface area contributed by atoms with Crippen LogP contribution in [0.5, 0.6) is 5.75 Å². The minimum atomic E-state index is -0.278. The average Bonchev–Trinajstić information content (AvgIpc) is 2.20. The van der Waals surface area contributed by atoms with Crippen LogP contribution in [0.4, 0.5) is 0 Å². The molecule has 0 spiro atoms. The van der Waals surface area contributed by atoms with E-state index < -0.39 is 0 Å². The van der Waals surface area contributed by atoms with Crippen LogP contribution in [0.2, 0.25) is 5.02 Å². The molecule has 0 saturated heterocycles. The fourth-order valence-corrected chi connectivity index (χ4v) is 1.87. The Morgan fingerprint density at radius 2 is 2.00 bits per heavy atom. The van der Waals surface area contributed by atoms with Gasteiger partial charge in [-0.1, -0.05) is 25.4 Å². The molecule has 0 aliphatic rings. The standard InChI is InChI=1S/C12H17ClO2/c1-8-5-11(15-4)10(13)6-9(8)12(2,3)7-14/h5-6,14H,7H2,1-4H3. The molecule has 0 aliphatic carbocycles. The molecule has 0 unspecified atom stereocenters. The normalized spacial score (nSPS) is 11.6. The Morgan fingerprint density at radius 3 is 2.47 bits per heavy atom. The molecule has 0 radical (unpaired) electrons. The van der Waals surface area contributed by atoms with Crippen LogP contribution in [0.1, 0.15) is 25.0 Å². The van der Waals surface area contributed by atoms with Gasteiger partial charge in [-0.2, -0.15) is 0 Å². The van der Waals surface area contributed by atoms with Crippen molar-refractivity contribution >= 4 is 11.6 Å². The lowest BCUT2D eigenvalue weighted by molar-refractivity contribution is 0.218. The number of halogens is 1. The molecule has 15 heavy (non-hydrogen) atoms. The number of hydrogen-bond donors (Lipinski definition) is 1. The topological polar surface area (TPSA) is 29.5 Å². The lowest BCUT2D eigenvalue weighted by Crippen LogP contribution is -2.23. The summed E-state index contributed by atoms with van der Waals surface area (Å²) in [7, 11) is 1.59. The number of aryl methyl sites for hydroxylation is 1. The molecule has 2 nitrogen and oxygen atoms in total. The number of rotatable bonds is 3. The summed E-state index contributed by atoms with van der Waals surface area (Å²) >= 11 is 6.06. The molecule has 0 aromatic heterocycles. The van der Waals surface area contributed by atoms with Crippen LogP contribution in [0, 0.1) is 6.92 Å². The van der Waals surface area contributed by atoms with Gasteiger partial charge in [0.15, 0.2) is 0 Å². The molecule has 84 valence electrons. The van der Waals surface area contributed by atoms with Gasteiger partial charge in [0.05, 0.1) is 18.7 Å². The fraction of sp³-hybridized carbons (Fsp3) is 0.500. The second kappa shape index (κ2) is 4.42. The van der Waals surface area contributed by atoms with Gasteiger partial charge in [-0.15, -0.1) is 0 Å². The van der Waals surface area contributed by atoms with Gasteiger partial charge in [-0.3, -0.25) is 0 Å². The number of aliphatic hydroxyl groups is 1. The number of methoxy groups -OCH3 is 1. The highest BCUT2D eigenvalue weighted by molar-refractivity contribution is 6.32. The lowest BCUT2D eigenvalue weighted by Gasteiger charge is -2.25. The van der Waals surface area contributed by atoms with Crippen LogP contribution in [0.25, 0.3) is 0 Å². The number of hydrogen-bond acceptors (Lipinski definition) is 2. The van der Waals surface area contributed by atoms with Gasteiger partial charge in [0.1, 0.15) is 5.75 Å². The minimum Gasteiger partial charge on any atom is -0.495 e. The second-order valence-corrected chi connectivity index (χ2v) is 4.75. The Kier molecular flexibility index (Phi) is 3.63. The van der Waals surface area contributed by atoms with Gasteiger partial charge in [0.2, 0.25) is 0 Å². The van der Waals surface area contributed by atoms with E-state index in [9.17, 15) is 5.11 Å². The van der Waals surface area contributed by atoms with Gasteiger partial charge in [0, 0.05) is 5.41 Å². The molecule has 3 heteroatoms. The molecule has 0 heterocycles. The van der Waals surface area contributed by atoms with Crippen LogP contribution >= 0.6 is 11.6 Å². The van der Waals surface area contributed by atoms with Crippen molar-refractivity contribution in [2.24, 2.45) is 0 Å². The molecule has 1 aromatic carbocycles. The van der Waals surface area contributed by atoms with Crippen molar-refractivity contribution in [2.45, 2.75) is 26.2 Å². The monoisotopic (exact) mass is 228 g/mol. The molecule has 1 rings (SSSR count). The van der Waals surface area contributed by atoms with Crippen molar-refractivity contribution in [3.05, 3.63) is 28.3 Å². The van der Waals surface area contributed by atoms with E-state index in [0.717, 1.165) is 11.1 Å². The van der Waals surface area contributed by atoms with E-state index in [2.05, 4.69) is 0 Å². The highest BCUT2D eigenvalue weighted by Crippen LogP contribution is 2.33. The third-order valence-electron chi connectivity index (χ3n) is 2.62. The van der Waals surface area contributed by atoms with Crippen molar-refractivity contribution < 1.29 is 9.84 Å². The van der Waals surface area contributed by atoms with Crippen molar-refractivity contribution in [1.82, 2.24) is 0 Å². The number of aliphatic hydroxyl groups excluding tert-OH is 1. The average molecular weight is 229 g/mol. The van der Waals surface area contributed by atoms with Gasteiger partial charge in [-0.25, -0.2) is 0 Å². The molecule has 0 saturated carbocycles. The van der Waals surface area contributed by atoms with E-state index in [-0.39, 0.29) is 12.0 Å². The lowest BCUT2D eigenvalue weighted by atomic mass is 9.83. The van der Waals surface area contributed by atoms with Crippen molar-refractivity contribution in [1.29, 1.82) is 0 Å². The van der Waals surface area contributed by atoms with E-state index in [1.807, 2.05) is 32.9 Å². The molecule has 0 bridgehead atoms. The maximum Gasteiger partial charge on any atom is 0.137 e. The molecular weight excluding hydrogens is 212 g/mol. The van der Waals surface area contributed by atoms with Crippen molar-refractivity contribution in [3.63, 3.8) is 0 Å². The van der Waals surface area contributed by atoms with E-state index in [0.29, 0.717) is 10.8 Å². The zero-order valence-corrected chi connectivity index (χ0v) is 10.4. The predicted molar refractivity (Wildman–Crippen MR) is 62.9 cm³/mol. The van der Waals surface area contributed by atoms with Crippen molar-refractivity contribution in [3.8, 4) is 5.75 Å². The molecule has 1 N–H and O–H groups in total. The minimum absolute atomic E-state index is 0.0937. The Morgan fingerprint density at radius 1 is 1.40 bits per heavy atom. The summed E-state index contributed by atoms with van der Waals surface area (Å²) in [6.45, 7) is 6.05. The molecule has 1 aromatic rings. The van der Waals surface area contributed by atoms with E-state index in [1.165, 1.54) is 0 Å². The summed E-state index contributed by atoms with van der Waals surface area (Å²) in [6, 6.07) is 3.76. The molecule has 0 fully saturated rings. The van der Waals surface area contributed by atoms with Crippen LogP contribution < -0.4 is 4.74 Å². The molecule has 0 amide bonds. The zero-order chi connectivity index (χ0) is 11.6. The molecular formula is C12H17ClO2. The Balaban J connectivity index is 3.28. The van der Waals surface area contributed by atoms with Crippen LogP contribution in [-0.2, 0) is 5.41 Å². The first-order valence-electron chi connectivity index (χ1n) is 4.88. The summed E-state index contributed by atoms with van der Waals surface area (Å²) in [5, 5.41) is 9.90. The maximum atomic E-state index is 9.31. The number of ether oxygens (including phenoxy) is 1. The predicted octanol–water partition coefficient (Wildman–Crippen LogP) is 2.93. The number of benzene rings is 1.